The molecule has 1 aliphatic heterocycles. The first-order chi connectivity index (χ1) is 13.0. The third-order valence-electron chi connectivity index (χ3n) is 5.10. The van der Waals surface area contributed by atoms with Gasteiger partial charge >= 0.3 is 5.97 Å². The molecule has 2 aromatic carbocycles. The summed E-state index contributed by atoms with van der Waals surface area (Å²) >= 11 is 0. The number of carbonyl (C=O) groups is 1. The largest absolute Gasteiger partial charge is 0.458 e. The van der Waals surface area contributed by atoms with Crippen LogP contribution in [0.1, 0.15) is 39.2 Å². The van der Waals surface area contributed by atoms with Gasteiger partial charge in [0.05, 0.1) is 5.56 Å². The Hall–Kier alpha value is -2.63. The summed E-state index contributed by atoms with van der Waals surface area (Å²) in [5.41, 5.74) is 1.89. The molecule has 1 atom stereocenters. The molecule has 0 N–H and O–H groups in total. The lowest BCUT2D eigenvalue weighted by Gasteiger charge is -2.30. The first-order valence-corrected chi connectivity index (χ1v) is 9.62. The topological polar surface area (TPSA) is 66.9 Å². The molecule has 0 aliphatic carbocycles. The highest BCUT2D eigenvalue weighted by atomic mass is 16.6. The first-order valence-electron chi connectivity index (χ1n) is 9.62. The SMILES string of the molecule is Cc1cc(N(C)C)ccc1-c1c(N2CCCC2C(=O)OC(C)(C)C)c(=O)c1=O. The summed E-state index contributed by atoms with van der Waals surface area (Å²) in [6.07, 6.45) is 1.40. The van der Waals surface area contributed by atoms with Crippen molar-refractivity contribution in [3.63, 3.8) is 0 Å². The van der Waals surface area contributed by atoms with Crippen molar-refractivity contribution in [1.29, 1.82) is 0 Å². The zero-order chi connectivity index (χ0) is 20.8. The number of ether oxygens (including phenoxy) is 1. The lowest BCUT2D eigenvalue weighted by Crippen LogP contribution is -2.48. The highest BCUT2D eigenvalue weighted by molar-refractivity contribution is 5.89. The number of hydrogen-bond acceptors (Lipinski definition) is 6. The lowest BCUT2D eigenvalue weighted by molar-refractivity contribution is -0.156. The van der Waals surface area contributed by atoms with Gasteiger partial charge in [0.15, 0.2) is 0 Å². The van der Waals surface area contributed by atoms with Crippen LogP contribution in [0.5, 0.6) is 0 Å². The summed E-state index contributed by atoms with van der Waals surface area (Å²) < 4.78 is 5.53. The molecule has 3 rings (SSSR count). The molecular weight excluding hydrogens is 356 g/mol. The summed E-state index contributed by atoms with van der Waals surface area (Å²) in [7, 11) is 3.90. The maximum absolute atomic E-state index is 12.6. The molecule has 1 unspecified atom stereocenters. The van der Waals surface area contributed by atoms with Crippen LogP contribution in [0.25, 0.3) is 11.1 Å². The van der Waals surface area contributed by atoms with E-state index in [2.05, 4.69) is 0 Å². The fourth-order valence-electron chi connectivity index (χ4n) is 3.76. The van der Waals surface area contributed by atoms with Gasteiger partial charge in [0, 0.05) is 26.3 Å². The third kappa shape index (κ3) is 3.55. The maximum Gasteiger partial charge on any atom is 0.329 e. The van der Waals surface area contributed by atoms with Gasteiger partial charge in [0.2, 0.25) is 10.9 Å². The van der Waals surface area contributed by atoms with Crippen molar-refractivity contribution in [1.82, 2.24) is 0 Å². The van der Waals surface area contributed by atoms with E-state index in [-0.39, 0.29) is 5.97 Å². The van der Waals surface area contributed by atoms with Crippen LogP contribution in [-0.2, 0) is 9.53 Å². The Morgan fingerprint density at radius 3 is 2.43 bits per heavy atom. The molecule has 6 nitrogen and oxygen atoms in total. The van der Waals surface area contributed by atoms with Crippen molar-refractivity contribution in [2.24, 2.45) is 0 Å². The minimum absolute atomic E-state index is 0.344. The molecule has 2 aromatic rings. The van der Waals surface area contributed by atoms with Gasteiger partial charge in [-0.3, -0.25) is 9.59 Å². The second-order valence-corrected chi connectivity index (χ2v) is 8.66. The predicted octanol–water partition coefficient (Wildman–Crippen LogP) is 2.63. The van der Waals surface area contributed by atoms with Gasteiger partial charge in [-0.15, -0.1) is 0 Å². The number of rotatable bonds is 4. The molecule has 28 heavy (non-hydrogen) atoms. The zero-order valence-corrected chi connectivity index (χ0v) is 17.5. The van der Waals surface area contributed by atoms with Crippen molar-refractivity contribution < 1.29 is 9.53 Å². The van der Waals surface area contributed by atoms with E-state index in [0.29, 0.717) is 24.2 Å². The summed E-state index contributed by atoms with van der Waals surface area (Å²) in [6.45, 7) is 7.96. The smallest absolute Gasteiger partial charge is 0.329 e. The molecule has 1 aliphatic rings. The number of hydrogen-bond donors (Lipinski definition) is 0. The van der Waals surface area contributed by atoms with E-state index < -0.39 is 22.5 Å². The molecule has 0 amide bonds. The number of aryl methyl sites for hydroxylation is 1. The Morgan fingerprint density at radius 2 is 1.86 bits per heavy atom. The summed E-state index contributed by atoms with van der Waals surface area (Å²) in [5, 5.41) is 0. The van der Waals surface area contributed by atoms with Gasteiger partial charge < -0.3 is 14.5 Å². The van der Waals surface area contributed by atoms with Crippen molar-refractivity contribution in [3.8, 4) is 11.1 Å². The van der Waals surface area contributed by atoms with Gasteiger partial charge in [0.1, 0.15) is 17.3 Å². The second kappa shape index (κ2) is 7.08. The van der Waals surface area contributed by atoms with E-state index in [1.54, 1.807) is 4.90 Å². The highest BCUT2D eigenvalue weighted by Gasteiger charge is 2.39. The van der Waals surface area contributed by atoms with Crippen LogP contribution < -0.4 is 20.7 Å². The van der Waals surface area contributed by atoms with Crippen LogP contribution in [0.2, 0.25) is 0 Å². The fraction of sp³-hybridized carbons (Fsp3) is 0.500. The lowest BCUT2D eigenvalue weighted by atomic mass is 9.93. The van der Waals surface area contributed by atoms with E-state index in [1.165, 1.54) is 0 Å². The van der Waals surface area contributed by atoms with Gasteiger partial charge in [0.25, 0.3) is 0 Å². The summed E-state index contributed by atoms with van der Waals surface area (Å²) in [6, 6.07) is 5.27. The van der Waals surface area contributed by atoms with Gasteiger partial charge in [-0.2, -0.15) is 0 Å². The number of benzene rings is 1. The zero-order valence-electron chi connectivity index (χ0n) is 17.5. The van der Waals surface area contributed by atoms with Crippen molar-refractivity contribution >= 4 is 17.3 Å². The molecule has 1 saturated heterocycles. The summed E-state index contributed by atoms with van der Waals surface area (Å²) in [5.74, 6) is -0.344. The number of esters is 1. The number of carbonyl (C=O) groups excluding carboxylic acids is 1. The molecular formula is C22H28N2O4. The maximum atomic E-state index is 12.6. The van der Waals surface area contributed by atoms with Crippen LogP contribution in [0, 0.1) is 6.92 Å². The van der Waals surface area contributed by atoms with E-state index in [1.807, 2.05) is 64.9 Å². The molecule has 1 heterocycles. The predicted molar refractivity (Wildman–Crippen MR) is 112 cm³/mol. The van der Waals surface area contributed by atoms with E-state index in [0.717, 1.165) is 23.2 Å². The van der Waals surface area contributed by atoms with Gasteiger partial charge in [-0.1, -0.05) is 6.07 Å². The molecule has 0 radical (unpaired) electrons. The van der Waals surface area contributed by atoms with Crippen LogP contribution in [-0.4, -0.2) is 38.3 Å². The molecule has 1 fully saturated rings. The van der Waals surface area contributed by atoms with Crippen LogP contribution in [0.15, 0.2) is 27.8 Å². The minimum Gasteiger partial charge on any atom is -0.458 e. The Morgan fingerprint density at radius 1 is 1.18 bits per heavy atom. The number of anilines is 2. The Kier molecular flexibility index (Phi) is 5.08. The molecule has 150 valence electrons. The third-order valence-corrected chi connectivity index (χ3v) is 5.10. The molecule has 0 spiro atoms. The van der Waals surface area contributed by atoms with E-state index in [4.69, 9.17) is 4.74 Å². The van der Waals surface area contributed by atoms with E-state index in [9.17, 15) is 14.4 Å². The average Bonchev–Trinajstić information content (AvgIpc) is 3.06. The van der Waals surface area contributed by atoms with Crippen LogP contribution in [0.4, 0.5) is 11.4 Å². The molecule has 0 saturated carbocycles. The van der Waals surface area contributed by atoms with Crippen molar-refractivity contribution in [2.45, 2.75) is 52.2 Å². The molecule has 6 heteroatoms. The quantitative estimate of drug-likeness (QED) is 0.596. The van der Waals surface area contributed by atoms with E-state index >= 15 is 0 Å². The van der Waals surface area contributed by atoms with Gasteiger partial charge in [-0.05, 0) is 63.8 Å². The second-order valence-electron chi connectivity index (χ2n) is 8.66. The van der Waals surface area contributed by atoms with Crippen molar-refractivity contribution in [2.75, 3.05) is 30.4 Å². The van der Waals surface area contributed by atoms with Gasteiger partial charge in [-0.25, -0.2) is 4.79 Å². The fourth-order valence-corrected chi connectivity index (χ4v) is 3.76. The monoisotopic (exact) mass is 384 g/mol. The Balaban J connectivity index is 1.99. The Bertz CT molecular complexity index is 978. The summed E-state index contributed by atoms with van der Waals surface area (Å²) in [4.78, 5) is 41.3. The normalized spacial score (nSPS) is 17.2. The average molecular weight is 384 g/mol. The first kappa shape index (κ1) is 20.1. The van der Waals surface area contributed by atoms with Crippen LogP contribution >= 0.6 is 0 Å². The highest BCUT2D eigenvalue weighted by Crippen LogP contribution is 2.35. The Labute approximate surface area is 165 Å². The molecule has 0 bridgehead atoms. The van der Waals surface area contributed by atoms with Crippen LogP contribution in [0.3, 0.4) is 0 Å². The standard InChI is InChI=1S/C22H28N2O4/c1-13-12-14(23(5)6)9-10-15(13)17-18(20(26)19(17)25)24-11-7-8-16(24)21(27)28-22(2,3)4/h9-10,12,16H,7-8,11H2,1-6H3. The minimum atomic E-state index is -0.597. The number of nitrogens with zero attached hydrogens (tertiary/aromatic N) is 2. The molecule has 0 aromatic heterocycles. The van der Waals surface area contributed by atoms with Crippen molar-refractivity contribution in [3.05, 3.63) is 44.2 Å².